The molecule has 0 unspecified atom stereocenters. The van der Waals surface area contributed by atoms with E-state index in [0.717, 1.165) is 30.4 Å². The van der Waals surface area contributed by atoms with Crippen molar-refractivity contribution in [2.75, 3.05) is 52.1 Å². The van der Waals surface area contributed by atoms with Gasteiger partial charge in [0.2, 0.25) is 5.91 Å². The van der Waals surface area contributed by atoms with Crippen molar-refractivity contribution in [3.63, 3.8) is 0 Å². The standard InChI is InChI=1S/C25H38N4O4S2/c1-19(30)34-18-17-29(12-11-21-9-7-6-8-10-21)24(33)26-22(25(3,4)35-20(2)31)23(32)28-15-13-27(5)14-16-28/h6-10,22H,11-18H2,1-5H3,(H,26,33)/t22-/m0/s1. The zero-order valence-electron chi connectivity index (χ0n) is 21.4. The lowest BCUT2D eigenvalue weighted by molar-refractivity contribution is -0.135. The molecule has 1 atom stereocenters. The zero-order valence-corrected chi connectivity index (χ0v) is 23.0. The van der Waals surface area contributed by atoms with Crippen LogP contribution in [-0.2, 0) is 20.8 Å². The van der Waals surface area contributed by atoms with Gasteiger partial charge in [-0.15, -0.1) is 0 Å². The maximum atomic E-state index is 13.6. The van der Waals surface area contributed by atoms with Gasteiger partial charge in [0.1, 0.15) is 6.04 Å². The molecule has 1 aliphatic heterocycles. The van der Waals surface area contributed by atoms with Crippen LogP contribution >= 0.6 is 23.5 Å². The first-order chi connectivity index (χ1) is 16.5. The lowest BCUT2D eigenvalue weighted by atomic mass is 10.0. The third-order valence-corrected chi connectivity index (χ3v) is 7.74. The normalized spacial score (nSPS) is 15.4. The van der Waals surface area contributed by atoms with E-state index < -0.39 is 10.8 Å². The van der Waals surface area contributed by atoms with Gasteiger partial charge in [0.05, 0.1) is 0 Å². The minimum absolute atomic E-state index is 0.00414. The van der Waals surface area contributed by atoms with E-state index in [2.05, 4.69) is 10.2 Å². The van der Waals surface area contributed by atoms with Crippen molar-refractivity contribution in [2.45, 2.75) is 44.9 Å². The summed E-state index contributed by atoms with van der Waals surface area (Å²) in [7, 11) is 2.01. The number of rotatable bonds is 10. The van der Waals surface area contributed by atoms with Gasteiger partial charge in [-0.25, -0.2) is 4.79 Å². The number of nitrogens with one attached hydrogen (secondary N) is 1. The van der Waals surface area contributed by atoms with Gasteiger partial charge in [0, 0.05) is 63.6 Å². The number of benzene rings is 1. The summed E-state index contributed by atoms with van der Waals surface area (Å²) in [6.45, 7) is 10.1. The Bertz CT molecular complexity index is 873. The zero-order chi connectivity index (χ0) is 26.0. The highest BCUT2D eigenvalue weighted by Gasteiger charge is 2.41. The molecule has 0 radical (unpaired) electrons. The number of carbonyl (C=O) groups is 4. The molecule has 0 aromatic heterocycles. The van der Waals surface area contributed by atoms with E-state index in [-0.39, 0.29) is 22.2 Å². The average molecular weight is 523 g/mol. The van der Waals surface area contributed by atoms with Crippen molar-refractivity contribution in [3.05, 3.63) is 35.9 Å². The van der Waals surface area contributed by atoms with Crippen LogP contribution in [0.1, 0.15) is 33.3 Å². The smallest absolute Gasteiger partial charge is 0.318 e. The van der Waals surface area contributed by atoms with Crippen molar-refractivity contribution in [1.82, 2.24) is 20.0 Å². The van der Waals surface area contributed by atoms with Crippen LogP contribution in [0.2, 0.25) is 0 Å². The first kappa shape index (κ1) is 29.2. The van der Waals surface area contributed by atoms with E-state index in [1.165, 1.54) is 25.6 Å². The van der Waals surface area contributed by atoms with E-state index in [9.17, 15) is 19.2 Å². The summed E-state index contributed by atoms with van der Waals surface area (Å²) >= 11 is 2.24. The Kier molecular flexibility index (Phi) is 11.6. The molecule has 35 heavy (non-hydrogen) atoms. The molecular formula is C25H38N4O4S2. The maximum absolute atomic E-state index is 13.6. The minimum atomic E-state index is -0.869. The molecule has 1 saturated heterocycles. The first-order valence-electron chi connectivity index (χ1n) is 11.9. The summed E-state index contributed by atoms with van der Waals surface area (Å²) in [6.07, 6.45) is 0.654. The van der Waals surface area contributed by atoms with Crippen LogP contribution < -0.4 is 5.32 Å². The molecule has 1 N–H and O–H groups in total. The van der Waals surface area contributed by atoms with Gasteiger partial charge in [-0.05, 0) is 32.9 Å². The number of carbonyl (C=O) groups excluding carboxylic acids is 4. The molecule has 194 valence electrons. The molecule has 1 aromatic carbocycles. The van der Waals surface area contributed by atoms with Crippen LogP contribution in [0, 0.1) is 0 Å². The fourth-order valence-corrected chi connectivity index (χ4v) is 5.53. The van der Waals surface area contributed by atoms with E-state index in [1.54, 1.807) is 9.80 Å². The second-order valence-electron chi connectivity index (χ2n) is 9.27. The molecule has 0 aliphatic carbocycles. The predicted octanol–water partition coefficient (Wildman–Crippen LogP) is 2.72. The minimum Gasteiger partial charge on any atom is -0.338 e. The lowest BCUT2D eigenvalue weighted by Crippen LogP contribution is -2.62. The van der Waals surface area contributed by atoms with Crippen LogP contribution in [0.5, 0.6) is 0 Å². The molecular weight excluding hydrogens is 484 g/mol. The highest BCUT2D eigenvalue weighted by molar-refractivity contribution is 8.14. The largest absolute Gasteiger partial charge is 0.338 e. The lowest BCUT2D eigenvalue weighted by Gasteiger charge is -2.40. The van der Waals surface area contributed by atoms with Gasteiger partial charge in [0.15, 0.2) is 10.2 Å². The molecule has 0 bridgehead atoms. The Balaban J connectivity index is 2.20. The van der Waals surface area contributed by atoms with Crippen LogP contribution in [-0.4, -0.2) is 99.7 Å². The SMILES string of the molecule is CC(=O)SCCN(CCc1ccccc1)C(=O)N[C@@H](C(=O)N1CCN(C)CC1)C(C)(C)SC(C)=O. The summed E-state index contributed by atoms with van der Waals surface area (Å²) < 4.78 is -0.832. The first-order valence-corrected chi connectivity index (χ1v) is 13.7. The third-order valence-electron chi connectivity index (χ3n) is 5.90. The number of urea groups is 1. The van der Waals surface area contributed by atoms with Crippen LogP contribution in [0.25, 0.3) is 0 Å². The van der Waals surface area contributed by atoms with Crippen LogP contribution in [0.15, 0.2) is 30.3 Å². The topological polar surface area (TPSA) is 90.0 Å². The van der Waals surface area contributed by atoms with Gasteiger partial charge in [0.25, 0.3) is 0 Å². The molecule has 1 aromatic rings. The molecule has 3 amide bonds. The van der Waals surface area contributed by atoms with Gasteiger partial charge < -0.3 is 20.0 Å². The molecule has 0 spiro atoms. The van der Waals surface area contributed by atoms with Crippen molar-refractivity contribution in [3.8, 4) is 0 Å². The molecule has 8 nitrogen and oxygen atoms in total. The Morgan fingerprint density at radius 3 is 2.20 bits per heavy atom. The average Bonchev–Trinajstić information content (AvgIpc) is 2.79. The van der Waals surface area contributed by atoms with Crippen molar-refractivity contribution < 1.29 is 19.2 Å². The van der Waals surface area contributed by atoms with Crippen LogP contribution in [0.4, 0.5) is 4.79 Å². The summed E-state index contributed by atoms with van der Waals surface area (Å²) in [6, 6.07) is 8.64. The molecule has 1 heterocycles. The maximum Gasteiger partial charge on any atom is 0.318 e. The highest BCUT2D eigenvalue weighted by Crippen LogP contribution is 2.30. The second-order valence-corrected chi connectivity index (χ2v) is 12.4. The van der Waals surface area contributed by atoms with E-state index in [4.69, 9.17) is 0 Å². The predicted molar refractivity (Wildman–Crippen MR) is 144 cm³/mol. The van der Waals surface area contributed by atoms with Gasteiger partial charge in [-0.2, -0.15) is 0 Å². The Morgan fingerprint density at radius 1 is 1.00 bits per heavy atom. The third kappa shape index (κ3) is 9.85. The molecule has 1 aliphatic rings. The summed E-state index contributed by atoms with van der Waals surface area (Å²) in [4.78, 5) is 56.0. The number of hydrogen-bond donors (Lipinski definition) is 1. The van der Waals surface area contributed by atoms with Crippen molar-refractivity contribution in [1.29, 1.82) is 0 Å². The summed E-state index contributed by atoms with van der Waals surface area (Å²) in [5, 5.41) is 2.84. The number of likely N-dealkylation sites (N-methyl/N-ethyl adjacent to an activating group) is 1. The number of thioether (sulfide) groups is 2. The Morgan fingerprint density at radius 2 is 1.63 bits per heavy atom. The fraction of sp³-hybridized carbons (Fsp3) is 0.600. The van der Waals surface area contributed by atoms with Crippen molar-refractivity contribution >= 4 is 45.7 Å². The quantitative estimate of drug-likeness (QED) is 0.505. The number of piperazine rings is 1. The van der Waals surface area contributed by atoms with E-state index >= 15 is 0 Å². The molecule has 0 saturated carbocycles. The fourth-order valence-electron chi connectivity index (χ4n) is 3.91. The number of nitrogens with zero attached hydrogens (tertiary/aromatic N) is 3. The molecule has 1 fully saturated rings. The summed E-state index contributed by atoms with van der Waals surface area (Å²) in [5.74, 6) is 0.298. The van der Waals surface area contributed by atoms with E-state index in [0.29, 0.717) is 38.4 Å². The van der Waals surface area contributed by atoms with Crippen LogP contribution in [0.3, 0.4) is 0 Å². The molecule has 2 rings (SSSR count). The van der Waals surface area contributed by atoms with Crippen molar-refractivity contribution in [2.24, 2.45) is 0 Å². The molecule has 10 heteroatoms. The Labute approximate surface area is 217 Å². The monoisotopic (exact) mass is 522 g/mol. The highest BCUT2D eigenvalue weighted by atomic mass is 32.2. The summed E-state index contributed by atoms with van der Waals surface area (Å²) in [5.41, 5.74) is 1.10. The number of amides is 3. The van der Waals surface area contributed by atoms with Gasteiger partial charge in [-0.1, -0.05) is 53.9 Å². The number of hydrogen-bond acceptors (Lipinski definition) is 7. The van der Waals surface area contributed by atoms with Gasteiger partial charge in [-0.3, -0.25) is 14.4 Å². The van der Waals surface area contributed by atoms with E-state index in [1.807, 2.05) is 51.2 Å². The van der Waals surface area contributed by atoms with Gasteiger partial charge >= 0.3 is 6.03 Å². The second kappa shape index (κ2) is 13.9. The Hall–Kier alpha value is -2.04.